The molecular formula is C24H19BrN2O5S. The Morgan fingerprint density at radius 3 is 2.88 bits per heavy atom. The first-order valence-corrected chi connectivity index (χ1v) is 11.9. The van der Waals surface area contributed by atoms with Crippen molar-refractivity contribution in [3.63, 3.8) is 0 Å². The first-order chi connectivity index (χ1) is 16.0. The smallest absolute Gasteiger partial charge is 0.338 e. The highest BCUT2D eigenvalue weighted by Crippen LogP contribution is 2.38. The molecule has 0 aliphatic carbocycles. The summed E-state index contributed by atoms with van der Waals surface area (Å²) in [6.07, 6.45) is 1.83. The summed E-state index contributed by atoms with van der Waals surface area (Å²) in [5.41, 5.74) is 2.22. The third-order valence-corrected chi connectivity index (χ3v) is 6.85. The molecule has 1 unspecified atom stereocenters. The van der Waals surface area contributed by atoms with Crippen LogP contribution in [0, 0.1) is 0 Å². The molecular weight excluding hydrogens is 508 g/mol. The summed E-state index contributed by atoms with van der Waals surface area (Å²) in [6.45, 7) is 3.86. The second-order valence-electron chi connectivity index (χ2n) is 7.47. The monoisotopic (exact) mass is 526 g/mol. The maximum atomic E-state index is 13.6. The van der Waals surface area contributed by atoms with Gasteiger partial charge in [-0.1, -0.05) is 45.5 Å². The van der Waals surface area contributed by atoms with Crippen molar-refractivity contribution in [3.8, 4) is 11.5 Å². The lowest BCUT2D eigenvalue weighted by atomic mass is 9.95. The summed E-state index contributed by atoms with van der Waals surface area (Å²) in [4.78, 5) is 31.7. The number of halogens is 1. The van der Waals surface area contributed by atoms with Crippen LogP contribution in [-0.4, -0.2) is 23.9 Å². The van der Waals surface area contributed by atoms with Gasteiger partial charge in [0, 0.05) is 4.47 Å². The molecule has 3 aromatic rings. The van der Waals surface area contributed by atoms with Crippen LogP contribution in [0.5, 0.6) is 11.5 Å². The average molecular weight is 527 g/mol. The molecule has 0 saturated carbocycles. The molecule has 0 saturated heterocycles. The van der Waals surface area contributed by atoms with Gasteiger partial charge in [-0.3, -0.25) is 9.36 Å². The van der Waals surface area contributed by atoms with E-state index >= 15 is 0 Å². The van der Waals surface area contributed by atoms with Gasteiger partial charge in [0.25, 0.3) is 5.56 Å². The molecule has 7 nitrogen and oxygen atoms in total. The van der Waals surface area contributed by atoms with E-state index in [9.17, 15) is 9.59 Å². The van der Waals surface area contributed by atoms with Crippen molar-refractivity contribution in [1.29, 1.82) is 0 Å². The maximum Gasteiger partial charge on any atom is 0.338 e. The van der Waals surface area contributed by atoms with Crippen LogP contribution in [0.25, 0.3) is 6.08 Å². The molecule has 0 fully saturated rings. The Morgan fingerprint density at radius 2 is 2.09 bits per heavy atom. The largest absolute Gasteiger partial charge is 0.463 e. The summed E-state index contributed by atoms with van der Waals surface area (Å²) in [5, 5.41) is 0. The summed E-state index contributed by atoms with van der Waals surface area (Å²) < 4.78 is 19.3. The van der Waals surface area contributed by atoms with Gasteiger partial charge in [-0.25, -0.2) is 9.79 Å². The van der Waals surface area contributed by atoms with Crippen LogP contribution in [0.4, 0.5) is 0 Å². The second kappa shape index (κ2) is 8.64. The highest BCUT2D eigenvalue weighted by molar-refractivity contribution is 9.10. The van der Waals surface area contributed by atoms with Gasteiger partial charge in [0.05, 0.1) is 28.5 Å². The Bertz CT molecular complexity index is 1490. The maximum absolute atomic E-state index is 13.6. The number of benzene rings is 2. The number of allylic oxidation sites excluding steroid dienone is 1. The van der Waals surface area contributed by atoms with Gasteiger partial charge < -0.3 is 14.2 Å². The zero-order valence-corrected chi connectivity index (χ0v) is 20.2. The highest BCUT2D eigenvalue weighted by atomic mass is 79.9. The van der Waals surface area contributed by atoms with Crippen molar-refractivity contribution in [2.24, 2.45) is 4.99 Å². The molecule has 1 atom stereocenters. The van der Waals surface area contributed by atoms with Crippen LogP contribution in [0.1, 0.15) is 31.0 Å². The van der Waals surface area contributed by atoms with E-state index in [-0.39, 0.29) is 19.0 Å². The summed E-state index contributed by atoms with van der Waals surface area (Å²) in [7, 11) is 0. The zero-order chi connectivity index (χ0) is 23.1. The molecule has 1 aromatic heterocycles. The van der Waals surface area contributed by atoms with Crippen LogP contribution >= 0.6 is 27.3 Å². The highest BCUT2D eigenvalue weighted by Gasteiger charge is 2.34. The quantitative estimate of drug-likeness (QED) is 0.487. The number of nitrogens with zero attached hydrogens (tertiary/aromatic N) is 2. The predicted octanol–water partition coefficient (Wildman–Crippen LogP) is 3.29. The van der Waals surface area contributed by atoms with E-state index in [0.29, 0.717) is 37.7 Å². The number of aromatic nitrogens is 1. The van der Waals surface area contributed by atoms with Crippen LogP contribution < -0.4 is 24.4 Å². The Balaban J connectivity index is 1.73. The first-order valence-electron chi connectivity index (χ1n) is 10.3. The van der Waals surface area contributed by atoms with Crippen molar-refractivity contribution < 1.29 is 19.0 Å². The lowest BCUT2D eigenvalue weighted by molar-refractivity contribution is -0.139. The first kappa shape index (κ1) is 21.7. The number of rotatable bonds is 4. The molecule has 2 aliphatic heterocycles. The number of hydrogen-bond donors (Lipinski definition) is 0. The summed E-state index contributed by atoms with van der Waals surface area (Å²) in [5.74, 6) is 0.698. The molecule has 0 bridgehead atoms. The molecule has 0 N–H and O–H groups in total. The number of esters is 1. The normalized spacial score (nSPS) is 17.1. The number of fused-ring (bicyclic) bond motifs is 2. The number of carbonyl (C=O) groups is 1. The van der Waals surface area contributed by atoms with Crippen molar-refractivity contribution in [1.82, 2.24) is 4.57 Å². The standard InChI is InChI=1S/C24H19BrN2O5S/c1-3-30-23(29)20-13(2)26-24-27(21(20)15-7-8-17-18(11-15)32-12-31-17)22(28)19(33-24)10-14-5-4-6-16(25)9-14/h4-11,21H,3,12H2,1-2H3. The minimum Gasteiger partial charge on any atom is -0.463 e. The Kier molecular flexibility index (Phi) is 5.67. The minimum atomic E-state index is -0.695. The molecule has 2 aliphatic rings. The zero-order valence-electron chi connectivity index (χ0n) is 17.8. The van der Waals surface area contributed by atoms with E-state index < -0.39 is 12.0 Å². The van der Waals surface area contributed by atoms with E-state index in [1.54, 1.807) is 30.5 Å². The van der Waals surface area contributed by atoms with Gasteiger partial charge in [-0.2, -0.15) is 0 Å². The van der Waals surface area contributed by atoms with E-state index in [0.717, 1.165) is 10.0 Å². The number of carbonyl (C=O) groups excluding carboxylic acids is 1. The average Bonchev–Trinajstić information content (AvgIpc) is 3.37. The molecule has 33 heavy (non-hydrogen) atoms. The molecule has 0 radical (unpaired) electrons. The molecule has 2 aromatic carbocycles. The molecule has 9 heteroatoms. The molecule has 0 amide bonds. The van der Waals surface area contributed by atoms with Crippen molar-refractivity contribution >= 4 is 39.3 Å². The lowest BCUT2D eigenvalue weighted by Gasteiger charge is -2.24. The van der Waals surface area contributed by atoms with Crippen molar-refractivity contribution in [3.05, 3.63) is 89.0 Å². The fraction of sp³-hybridized carbons (Fsp3) is 0.208. The van der Waals surface area contributed by atoms with E-state index in [1.165, 1.54) is 11.3 Å². The topological polar surface area (TPSA) is 79.1 Å². The van der Waals surface area contributed by atoms with E-state index in [1.807, 2.05) is 36.4 Å². The number of hydrogen-bond acceptors (Lipinski definition) is 7. The van der Waals surface area contributed by atoms with Crippen LogP contribution in [0.3, 0.4) is 0 Å². The Hall–Kier alpha value is -3.17. The second-order valence-corrected chi connectivity index (χ2v) is 9.39. The predicted molar refractivity (Wildman–Crippen MR) is 127 cm³/mol. The van der Waals surface area contributed by atoms with Crippen molar-refractivity contribution in [2.75, 3.05) is 13.4 Å². The lowest BCUT2D eigenvalue weighted by Crippen LogP contribution is -2.39. The molecule has 0 spiro atoms. The van der Waals surface area contributed by atoms with Gasteiger partial charge in [0.1, 0.15) is 0 Å². The Morgan fingerprint density at radius 1 is 1.27 bits per heavy atom. The van der Waals surface area contributed by atoms with Crippen LogP contribution in [0.2, 0.25) is 0 Å². The van der Waals surface area contributed by atoms with E-state index in [2.05, 4.69) is 20.9 Å². The third kappa shape index (κ3) is 3.91. The third-order valence-electron chi connectivity index (χ3n) is 5.38. The molecule has 3 heterocycles. The fourth-order valence-electron chi connectivity index (χ4n) is 3.94. The van der Waals surface area contributed by atoms with Gasteiger partial charge in [0.15, 0.2) is 16.3 Å². The fourth-order valence-corrected chi connectivity index (χ4v) is 5.40. The minimum absolute atomic E-state index is 0.133. The van der Waals surface area contributed by atoms with E-state index in [4.69, 9.17) is 14.2 Å². The van der Waals surface area contributed by atoms with Crippen LogP contribution in [0.15, 0.2) is 68.0 Å². The number of thiazole rings is 1. The number of ether oxygens (including phenoxy) is 3. The van der Waals surface area contributed by atoms with Gasteiger partial charge >= 0.3 is 5.97 Å². The Labute approximate surface area is 201 Å². The SMILES string of the molecule is CCOC(=O)C1=C(C)N=c2sc(=Cc3cccc(Br)c3)c(=O)n2C1c1ccc2c(c1)OCO2. The van der Waals surface area contributed by atoms with Gasteiger partial charge in [0.2, 0.25) is 6.79 Å². The molecule has 5 rings (SSSR count). The summed E-state index contributed by atoms with van der Waals surface area (Å²) in [6, 6.07) is 12.4. The molecule has 168 valence electrons. The van der Waals surface area contributed by atoms with Crippen LogP contribution in [-0.2, 0) is 9.53 Å². The van der Waals surface area contributed by atoms with Gasteiger partial charge in [-0.05, 0) is 55.3 Å². The van der Waals surface area contributed by atoms with Crippen molar-refractivity contribution in [2.45, 2.75) is 19.9 Å². The van der Waals surface area contributed by atoms with Gasteiger partial charge in [-0.15, -0.1) is 0 Å². The summed E-state index contributed by atoms with van der Waals surface area (Å²) >= 11 is 4.75.